The summed E-state index contributed by atoms with van der Waals surface area (Å²) in [5.74, 6) is -0.0220. The molecule has 0 bridgehead atoms. The summed E-state index contributed by atoms with van der Waals surface area (Å²) in [5.41, 5.74) is 5.56. The van der Waals surface area contributed by atoms with Crippen molar-refractivity contribution in [3.8, 4) is 0 Å². The van der Waals surface area contributed by atoms with Gasteiger partial charge in [-0.3, -0.25) is 4.79 Å². The van der Waals surface area contributed by atoms with E-state index in [4.69, 9.17) is 5.73 Å². The summed E-state index contributed by atoms with van der Waals surface area (Å²) in [6, 6.07) is -0.0549. The fourth-order valence-electron chi connectivity index (χ4n) is 1.23. The molecule has 0 spiro atoms. The molecule has 0 unspecified atom stereocenters. The predicted molar refractivity (Wildman–Crippen MR) is 48.6 cm³/mol. The maximum Gasteiger partial charge on any atom is 0.237 e. The first-order chi connectivity index (χ1) is 5.74. The lowest BCUT2D eigenvalue weighted by atomic mass is 10.2. The number of nitrogens with one attached hydrogen (secondary N) is 1. The van der Waals surface area contributed by atoms with Crippen LogP contribution in [0.4, 0.5) is 0 Å². The zero-order chi connectivity index (χ0) is 8.97. The summed E-state index contributed by atoms with van der Waals surface area (Å²) in [7, 11) is 0. The second-order valence-electron chi connectivity index (χ2n) is 3.16. The molecule has 0 heterocycles. The molecule has 0 aromatic rings. The number of hydrogen-bond donors (Lipinski definition) is 2. The van der Waals surface area contributed by atoms with Gasteiger partial charge in [0.2, 0.25) is 5.91 Å². The van der Waals surface area contributed by atoms with Crippen LogP contribution in [0, 0.1) is 0 Å². The Morgan fingerprint density at radius 3 is 2.75 bits per heavy atom. The molecule has 1 rings (SSSR count). The molecule has 12 heavy (non-hydrogen) atoms. The summed E-state index contributed by atoms with van der Waals surface area (Å²) < 4.78 is 0. The minimum atomic E-state index is -0.342. The lowest BCUT2D eigenvalue weighted by molar-refractivity contribution is -0.123. The summed E-state index contributed by atoms with van der Waals surface area (Å²) >= 11 is 0. The van der Waals surface area contributed by atoms with Crippen LogP contribution in [0.2, 0.25) is 0 Å². The lowest BCUT2D eigenvalue weighted by Crippen LogP contribution is -2.44. The van der Waals surface area contributed by atoms with Crippen molar-refractivity contribution in [1.82, 2.24) is 5.32 Å². The first kappa shape index (κ1) is 9.26. The third kappa shape index (κ3) is 2.34. The van der Waals surface area contributed by atoms with Crippen molar-refractivity contribution in [1.29, 1.82) is 0 Å². The Bertz CT molecular complexity index is 181. The number of carbonyl (C=O) groups is 1. The maximum absolute atomic E-state index is 11.3. The molecule has 0 radical (unpaired) electrons. The van der Waals surface area contributed by atoms with E-state index in [1.165, 1.54) is 0 Å². The van der Waals surface area contributed by atoms with Gasteiger partial charge in [0.1, 0.15) is 0 Å². The number of carbonyl (C=O) groups excluding carboxylic acids is 1. The highest BCUT2D eigenvalue weighted by Gasteiger charge is 2.16. The fourth-order valence-corrected chi connectivity index (χ4v) is 1.23. The molecular weight excluding hydrogens is 152 g/mol. The largest absolute Gasteiger partial charge is 0.351 e. The highest BCUT2D eigenvalue weighted by Crippen LogP contribution is 2.08. The Hall–Kier alpha value is -0.830. The first-order valence-electron chi connectivity index (χ1n) is 4.45. The van der Waals surface area contributed by atoms with Gasteiger partial charge in [0.25, 0.3) is 0 Å². The summed E-state index contributed by atoms with van der Waals surface area (Å²) in [6.45, 7) is 1.91. The van der Waals surface area contributed by atoms with Crippen LogP contribution in [0.5, 0.6) is 0 Å². The van der Waals surface area contributed by atoms with Gasteiger partial charge in [-0.15, -0.1) is 0 Å². The van der Waals surface area contributed by atoms with E-state index in [2.05, 4.69) is 17.5 Å². The predicted octanol–water partition coefficient (Wildman–Crippen LogP) is 0.558. The van der Waals surface area contributed by atoms with Gasteiger partial charge in [-0.2, -0.15) is 0 Å². The average Bonchev–Trinajstić information content (AvgIpc) is 2.55. The minimum Gasteiger partial charge on any atom is -0.351 e. The molecule has 0 aromatic heterocycles. The van der Waals surface area contributed by atoms with Crippen LogP contribution in [-0.4, -0.2) is 18.0 Å². The molecule has 0 saturated heterocycles. The molecule has 3 N–H and O–H groups in total. The molecule has 0 fully saturated rings. The number of rotatable bonds is 3. The van der Waals surface area contributed by atoms with Gasteiger partial charge < -0.3 is 11.1 Å². The Morgan fingerprint density at radius 1 is 1.67 bits per heavy atom. The molecule has 0 saturated carbocycles. The molecule has 68 valence electrons. The van der Waals surface area contributed by atoms with Crippen molar-refractivity contribution in [2.45, 2.75) is 38.3 Å². The fraction of sp³-hybridized carbons (Fsp3) is 0.667. The highest BCUT2D eigenvalue weighted by atomic mass is 16.2. The molecule has 3 nitrogen and oxygen atoms in total. The zero-order valence-corrected chi connectivity index (χ0v) is 7.42. The van der Waals surface area contributed by atoms with Gasteiger partial charge in [0.15, 0.2) is 0 Å². The van der Waals surface area contributed by atoms with Crippen molar-refractivity contribution < 1.29 is 4.79 Å². The van der Waals surface area contributed by atoms with E-state index in [1.807, 2.05) is 6.92 Å². The van der Waals surface area contributed by atoms with Crippen LogP contribution in [-0.2, 0) is 4.79 Å². The van der Waals surface area contributed by atoms with Crippen LogP contribution in [0.25, 0.3) is 0 Å². The van der Waals surface area contributed by atoms with E-state index in [-0.39, 0.29) is 18.0 Å². The summed E-state index contributed by atoms with van der Waals surface area (Å²) in [6.07, 6.45) is 6.77. The minimum absolute atomic E-state index is 0.0220. The van der Waals surface area contributed by atoms with Gasteiger partial charge >= 0.3 is 0 Å². The molecular formula is C9H16N2O. The third-order valence-electron chi connectivity index (χ3n) is 2.13. The molecule has 0 aromatic carbocycles. The summed E-state index contributed by atoms with van der Waals surface area (Å²) in [5, 5.41) is 2.90. The monoisotopic (exact) mass is 168 g/mol. The van der Waals surface area contributed by atoms with E-state index in [0.29, 0.717) is 6.42 Å². The van der Waals surface area contributed by atoms with Crippen molar-refractivity contribution >= 4 is 5.91 Å². The normalized spacial score (nSPS) is 19.5. The van der Waals surface area contributed by atoms with E-state index in [1.54, 1.807) is 0 Å². The van der Waals surface area contributed by atoms with Crippen molar-refractivity contribution in [2.24, 2.45) is 5.73 Å². The number of nitrogens with two attached hydrogens (primary N) is 1. The molecule has 1 aliphatic rings. The van der Waals surface area contributed by atoms with Gasteiger partial charge in [-0.05, 0) is 19.3 Å². The average molecular weight is 168 g/mol. The van der Waals surface area contributed by atoms with E-state index >= 15 is 0 Å². The second kappa shape index (κ2) is 4.26. The van der Waals surface area contributed by atoms with Crippen molar-refractivity contribution in [3.63, 3.8) is 0 Å². The maximum atomic E-state index is 11.3. The Morgan fingerprint density at radius 2 is 2.25 bits per heavy atom. The Kier molecular flexibility index (Phi) is 3.29. The smallest absolute Gasteiger partial charge is 0.237 e. The van der Waals surface area contributed by atoms with Gasteiger partial charge in [0.05, 0.1) is 6.04 Å². The molecule has 1 amide bonds. The zero-order valence-electron chi connectivity index (χ0n) is 7.42. The van der Waals surface area contributed by atoms with E-state index < -0.39 is 0 Å². The Balaban J connectivity index is 2.26. The standard InChI is InChI=1S/C9H16N2O/c1-2-8(10)9(12)11-7-5-3-4-6-7/h3-4,7-8H,2,5-6,10H2,1H3,(H,11,12)/t8-/m0/s1. The number of hydrogen-bond acceptors (Lipinski definition) is 2. The van der Waals surface area contributed by atoms with E-state index in [0.717, 1.165) is 12.8 Å². The number of amides is 1. The van der Waals surface area contributed by atoms with Crippen LogP contribution in [0.15, 0.2) is 12.2 Å². The molecule has 1 aliphatic carbocycles. The highest BCUT2D eigenvalue weighted by molar-refractivity contribution is 5.81. The molecule has 0 aliphatic heterocycles. The molecule has 1 atom stereocenters. The van der Waals surface area contributed by atoms with Gasteiger partial charge in [-0.1, -0.05) is 19.1 Å². The van der Waals surface area contributed by atoms with Crippen LogP contribution in [0.1, 0.15) is 26.2 Å². The third-order valence-corrected chi connectivity index (χ3v) is 2.13. The summed E-state index contributed by atoms with van der Waals surface area (Å²) in [4.78, 5) is 11.3. The van der Waals surface area contributed by atoms with Crippen molar-refractivity contribution in [3.05, 3.63) is 12.2 Å². The van der Waals surface area contributed by atoms with Crippen LogP contribution >= 0.6 is 0 Å². The van der Waals surface area contributed by atoms with E-state index in [9.17, 15) is 4.79 Å². The second-order valence-corrected chi connectivity index (χ2v) is 3.16. The SMILES string of the molecule is CC[C@H](N)C(=O)NC1CC=CC1. The Labute approximate surface area is 73.0 Å². The van der Waals surface area contributed by atoms with Crippen molar-refractivity contribution in [2.75, 3.05) is 0 Å². The lowest BCUT2D eigenvalue weighted by Gasteiger charge is -2.15. The van der Waals surface area contributed by atoms with Crippen LogP contribution in [0.3, 0.4) is 0 Å². The molecule has 3 heteroatoms. The first-order valence-corrected chi connectivity index (χ1v) is 4.45. The van der Waals surface area contributed by atoms with Crippen LogP contribution < -0.4 is 11.1 Å². The quantitative estimate of drug-likeness (QED) is 0.605. The topological polar surface area (TPSA) is 55.1 Å². The van der Waals surface area contributed by atoms with Gasteiger partial charge in [0, 0.05) is 6.04 Å². The van der Waals surface area contributed by atoms with Gasteiger partial charge in [-0.25, -0.2) is 0 Å².